The third kappa shape index (κ3) is 3.62. The molecule has 0 radical (unpaired) electrons. The number of nitrogen functional groups attached to an aromatic ring is 1. The van der Waals surface area contributed by atoms with Crippen molar-refractivity contribution in [1.29, 1.82) is 0 Å². The highest BCUT2D eigenvalue weighted by atomic mass is 32.1. The molecule has 0 unspecified atom stereocenters. The number of nitrogens with zero attached hydrogens (tertiary/aromatic N) is 2. The van der Waals surface area contributed by atoms with Gasteiger partial charge in [-0.3, -0.25) is 4.90 Å². The van der Waals surface area contributed by atoms with E-state index in [9.17, 15) is 5.11 Å². The Kier molecular flexibility index (Phi) is 4.22. The number of aromatic nitrogens is 1. The van der Waals surface area contributed by atoms with Crippen LogP contribution in [0.25, 0.3) is 6.08 Å². The van der Waals surface area contributed by atoms with E-state index in [2.05, 4.69) is 22.0 Å². The zero-order valence-electron chi connectivity index (χ0n) is 11.8. The molecule has 0 atom stereocenters. The summed E-state index contributed by atoms with van der Waals surface area (Å²) in [7, 11) is 0. The molecular formula is C16H19N3OS. The molecule has 3 N–H and O–H groups in total. The summed E-state index contributed by atoms with van der Waals surface area (Å²) in [4.78, 5) is 8.17. The number of thiazole rings is 1. The monoisotopic (exact) mass is 301 g/mol. The Bertz CT molecular complexity index is 625. The van der Waals surface area contributed by atoms with Gasteiger partial charge in [-0.25, -0.2) is 4.98 Å². The van der Waals surface area contributed by atoms with Crippen LogP contribution in [0.15, 0.2) is 30.3 Å². The molecule has 2 aromatic rings. The Morgan fingerprint density at radius 2 is 2.19 bits per heavy atom. The Hall–Kier alpha value is -1.85. The summed E-state index contributed by atoms with van der Waals surface area (Å²) >= 11 is 1.62. The number of benzene rings is 1. The van der Waals surface area contributed by atoms with Crippen LogP contribution in [0, 0.1) is 0 Å². The second kappa shape index (κ2) is 6.28. The first kappa shape index (κ1) is 14.1. The third-order valence-corrected chi connectivity index (χ3v) is 4.65. The van der Waals surface area contributed by atoms with Gasteiger partial charge in [0.25, 0.3) is 0 Å². The lowest BCUT2D eigenvalue weighted by atomic mass is 10.2. The van der Waals surface area contributed by atoms with Crippen LogP contribution in [-0.4, -0.2) is 34.6 Å². The first-order valence-corrected chi connectivity index (χ1v) is 7.94. The van der Waals surface area contributed by atoms with E-state index in [1.807, 2.05) is 12.1 Å². The highest BCUT2D eigenvalue weighted by Crippen LogP contribution is 2.24. The largest absolute Gasteiger partial charge is 0.508 e. The third-order valence-electron chi connectivity index (χ3n) is 3.66. The van der Waals surface area contributed by atoms with Crippen LogP contribution >= 0.6 is 11.3 Å². The van der Waals surface area contributed by atoms with Crippen molar-refractivity contribution in [3.63, 3.8) is 0 Å². The molecule has 4 nitrogen and oxygen atoms in total. The quantitative estimate of drug-likeness (QED) is 0.914. The average molecular weight is 301 g/mol. The van der Waals surface area contributed by atoms with Gasteiger partial charge in [-0.15, -0.1) is 11.3 Å². The standard InChI is InChI=1S/C16H19N3OS/c17-16-18-14-6-9-19(10-7-15(14)21-16)8-2-4-12-3-1-5-13(20)11-12/h1-5,11,20H,6-10H2,(H2,17,18)/b4-2+. The first-order valence-electron chi connectivity index (χ1n) is 7.13. The Balaban J connectivity index is 1.56. The van der Waals surface area contributed by atoms with Crippen molar-refractivity contribution >= 4 is 22.5 Å². The Labute approximate surface area is 128 Å². The van der Waals surface area contributed by atoms with Gasteiger partial charge in [0.15, 0.2) is 5.13 Å². The Morgan fingerprint density at radius 3 is 3.05 bits per heavy atom. The first-order chi connectivity index (χ1) is 10.2. The molecule has 3 rings (SSSR count). The van der Waals surface area contributed by atoms with Crippen molar-refractivity contribution in [3.8, 4) is 5.75 Å². The number of fused-ring (bicyclic) bond motifs is 1. The molecule has 0 aliphatic carbocycles. The zero-order chi connectivity index (χ0) is 14.7. The van der Waals surface area contributed by atoms with Crippen LogP contribution in [0.2, 0.25) is 0 Å². The summed E-state index contributed by atoms with van der Waals surface area (Å²) in [6.07, 6.45) is 6.21. The normalized spacial score (nSPS) is 16.0. The molecule has 1 aliphatic rings. The van der Waals surface area contributed by atoms with Gasteiger partial charge >= 0.3 is 0 Å². The predicted octanol–water partition coefficient (Wildman–Crippen LogP) is 2.54. The van der Waals surface area contributed by atoms with Crippen LogP contribution in [0.3, 0.4) is 0 Å². The van der Waals surface area contributed by atoms with Crippen molar-refractivity contribution in [3.05, 3.63) is 46.5 Å². The highest BCUT2D eigenvalue weighted by molar-refractivity contribution is 7.15. The molecular weight excluding hydrogens is 282 g/mol. The molecule has 110 valence electrons. The molecule has 0 amide bonds. The average Bonchev–Trinajstić information content (AvgIpc) is 2.71. The number of hydrogen-bond donors (Lipinski definition) is 2. The van der Waals surface area contributed by atoms with Crippen LogP contribution < -0.4 is 5.73 Å². The molecule has 21 heavy (non-hydrogen) atoms. The van der Waals surface area contributed by atoms with Gasteiger partial charge < -0.3 is 10.8 Å². The number of rotatable bonds is 3. The number of phenolic OH excluding ortho intramolecular Hbond substituents is 1. The SMILES string of the molecule is Nc1nc2c(s1)CCN(C/C=C/c1cccc(O)c1)CC2. The van der Waals surface area contributed by atoms with Gasteiger partial charge in [-0.1, -0.05) is 24.3 Å². The predicted molar refractivity (Wildman–Crippen MR) is 87.5 cm³/mol. The zero-order valence-corrected chi connectivity index (χ0v) is 12.6. The van der Waals surface area contributed by atoms with Crippen LogP contribution in [0.5, 0.6) is 5.75 Å². The fraction of sp³-hybridized carbons (Fsp3) is 0.312. The molecule has 0 fully saturated rings. The summed E-state index contributed by atoms with van der Waals surface area (Å²) in [5.41, 5.74) is 7.97. The van der Waals surface area contributed by atoms with E-state index in [1.165, 1.54) is 10.6 Å². The van der Waals surface area contributed by atoms with Gasteiger partial charge in [-0.05, 0) is 24.1 Å². The van der Waals surface area contributed by atoms with E-state index in [0.29, 0.717) is 10.9 Å². The molecule has 1 aromatic carbocycles. The fourth-order valence-electron chi connectivity index (χ4n) is 2.58. The summed E-state index contributed by atoms with van der Waals surface area (Å²) in [5.74, 6) is 0.306. The van der Waals surface area contributed by atoms with Crippen LogP contribution in [0.1, 0.15) is 16.1 Å². The second-order valence-electron chi connectivity index (χ2n) is 5.22. The van der Waals surface area contributed by atoms with Gasteiger partial charge in [-0.2, -0.15) is 0 Å². The minimum atomic E-state index is 0.306. The maximum Gasteiger partial charge on any atom is 0.180 e. The summed E-state index contributed by atoms with van der Waals surface area (Å²) in [5, 5.41) is 10.1. The molecule has 0 bridgehead atoms. The van der Waals surface area contributed by atoms with Crippen LogP contribution in [0.4, 0.5) is 5.13 Å². The lowest BCUT2D eigenvalue weighted by Gasteiger charge is -2.17. The van der Waals surface area contributed by atoms with Crippen molar-refractivity contribution in [2.24, 2.45) is 0 Å². The molecule has 0 saturated carbocycles. The minimum Gasteiger partial charge on any atom is -0.508 e. The maximum absolute atomic E-state index is 9.44. The van der Waals surface area contributed by atoms with Crippen molar-refractivity contribution in [1.82, 2.24) is 9.88 Å². The molecule has 5 heteroatoms. The van der Waals surface area contributed by atoms with E-state index in [4.69, 9.17) is 5.73 Å². The van der Waals surface area contributed by atoms with E-state index in [-0.39, 0.29) is 0 Å². The van der Waals surface area contributed by atoms with Gasteiger partial charge in [0, 0.05) is 30.9 Å². The molecule has 0 spiro atoms. The summed E-state index contributed by atoms with van der Waals surface area (Å²) in [6, 6.07) is 7.30. The van der Waals surface area contributed by atoms with Crippen molar-refractivity contribution in [2.45, 2.75) is 12.8 Å². The fourth-order valence-corrected chi connectivity index (χ4v) is 3.45. The van der Waals surface area contributed by atoms with E-state index in [0.717, 1.165) is 38.0 Å². The number of anilines is 1. The summed E-state index contributed by atoms with van der Waals surface area (Å²) < 4.78 is 0. The number of nitrogens with two attached hydrogens (primary N) is 1. The highest BCUT2D eigenvalue weighted by Gasteiger charge is 2.16. The van der Waals surface area contributed by atoms with Crippen LogP contribution in [-0.2, 0) is 12.8 Å². The lowest BCUT2D eigenvalue weighted by molar-refractivity contribution is 0.318. The van der Waals surface area contributed by atoms with Gasteiger partial charge in [0.1, 0.15) is 5.75 Å². The van der Waals surface area contributed by atoms with Crippen molar-refractivity contribution < 1.29 is 5.11 Å². The molecule has 0 saturated heterocycles. The summed E-state index contributed by atoms with van der Waals surface area (Å²) in [6.45, 7) is 2.97. The lowest BCUT2D eigenvalue weighted by Crippen LogP contribution is -2.26. The number of aromatic hydroxyl groups is 1. The topological polar surface area (TPSA) is 62.4 Å². The van der Waals surface area contributed by atoms with Crippen molar-refractivity contribution in [2.75, 3.05) is 25.4 Å². The second-order valence-corrected chi connectivity index (χ2v) is 6.34. The molecule has 2 heterocycles. The van der Waals surface area contributed by atoms with Gasteiger partial charge in [0.05, 0.1) is 5.69 Å². The Morgan fingerprint density at radius 1 is 1.33 bits per heavy atom. The number of phenols is 1. The molecule has 1 aromatic heterocycles. The van der Waals surface area contributed by atoms with E-state index >= 15 is 0 Å². The minimum absolute atomic E-state index is 0.306. The smallest absolute Gasteiger partial charge is 0.180 e. The van der Waals surface area contributed by atoms with E-state index < -0.39 is 0 Å². The van der Waals surface area contributed by atoms with E-state index in [1.54, 1.807) is 23.5 Å². The van der Waals surface area contributed by atoms with Gasteiger partial charge in [0.2, 0.25) is 0 Å². The number of hydrogen-bond acceptors (Lipinski definition) is 5. The maximum atomic E-state index is 9.44. The molecule has 1 aliphatic heterocycles.